The smallest absolute Gasteiger partial charge is 0.254 e. The molecule has 1 aliphatic rings. The first-order valence-corrected chi connectivity index (χ1v) is 8.92. The van der Waals surface area contributed by atoms with E-state index in [-0.39, 0.29) is 17.8 Å². The Balaban J connectivity index is 1.65. The van der Waals surface area contributed by atoms with Crippen molar-refractivity contribution in [3.63, 3.8) is 0 Å². The summed E-state index contributed by atoms with van der Waals surface area (Å²) >= 11 is 0. The molecular formula is C22H21FN2O. The van der Waals surface area contributed by atoms with Gasteiger partial charge in [-0.3, -0.25) is 4.79 Å². The number of aromatic nitrogens is 1. The zero-order valence-electron chi connectivity index (χ0n) is 14.7. The van der Waals surface area contributed by atoms with Gasteiger partial charge in [-0.25, -0.2) is 4.39 Å². The van der Waals surface area contributed by atoms with Crippen LogP contribution in [0.3, 0.4) is 0 Å². The van der Waals surface area contributed by atoms with E-state index in [1.54, 1.807) is 12.1 Å². The molecule has 1 amide bonds. The normalized spacial score (nSPS) is 13.6. The molecule has 2 aromatic carbocycles. The van der Waals surface area contributed by atoms with Crippen LogP contribution in [0.25, 0.3) is 5.69 Å². The van der Waals surface area contributed by atoms with Crippen molar-refractivity contribution < 1.29 is 9.18 Å². The minimum absolute atomic E-state index is 0.0378. The first kappa shape index (κ1) is 16.6. The Morgan fingerprint density at radius 1 is 1.12 bits per heavy atom. The molecule has 1 fully saturated rings. The molecule has 0 unspecified atom stereocenters. The van der Waals surface area contributed by atoms with Gasteiger partial charge in [0.05, 0.1) is 0 Å². The molecule has 0 radical (unpaired) electrons. The number of carbonyl (C=O) groups excluding carboxylic acids is 1. The summed E-state index contributed by atoms with van der Waals surface area (Å²) in [6, 6.07) is 16.6. The highest BCUT2D eigenvalue weighted by atomic mass is 19.1. The molecule has 3 aromatic rings. The largest absolute Gasteiger partial charge is 0.331 e. The lowest BCUT2D eigenvalue weighted by molar-refractivity contribution is 0.0728. The van der Waals surface area contributed by atoms with Crippen LogP contribution >= 0.6 is 0 Å². The van der Waals surface area contributed by atoms with Crippen molar-refractivity contribution in [2.45, 2.75) is 32.4 Å². The summed E-state index contributed by atoms with van der Waals surface area (Å²) in [5, 5.41) is 0. The van der Waals surface area contributed by atoms with Gasteiger partial charge in [-0.15, -0.1) is 0 Å². The van der Waals surface area contributed by atoms with Crippen LogP contribution in [0, 0.1) is 12.7 Å². The Bertz CT molecular complexity index is 929. The molecule has 1 aromatic heterocycles. The number of amides is 1. The highest BCUT2D eigenvalue weighted by Gasteiger charge is 2.33. The highest BCUT2D eigenvalue weighted by Crippen LogP contribution is 2.31. The van der Waals surface area contributed by atoms with Crippen LogP contribution in [0.2, 0.25) is 0 Å². The van der Waals surface area contributed by atoms with E-state index in [9.17, 15) is 9.18 Å². The quantitative estimate of drug-likeness (QED) is 0.654. The van der Waals surface area contributed by atoms with Gasteiger partial charge >= 0.3 is 0 Å². The Morgan fingerprint density at radius 3 is 2.54 bits per heavy atom. The van der Waals surface area contributed by atoms with E-state index in [0.29, 0.717) is 17.7 Å². The van der Waals surface area contributed by atoms with Gasteiger partial charge in [-0.2, -0.15) is 0 Å². The fourth-order valence-corrected chi connectivity index (χ4v) is 3.24. The van der Waals surface area contributed by atoms with Crippen LogP contribution in [-0.2, 0) is 6.54 Å². The Hall–Kier alpha value is -2.88. The fraction of sp³-hybridized carbons (Fsp3) is 0.227. The zero-order chi connectivity index (χ0) is 18.1. The molecule has 0 saturated heterocycles. The maximum Gasteiger partial charge on any atom is 0.254 e. The van der Waals surface area contributed by atoms with Crippen molar-refractivity contribution in [3.8, 4) is 5.69 Å². The monoisotopic (exact) mass is 348 g/mol. The predicted octanol–water partition coefficient (Wildman–Crippen LogP) is 4.73. The van der Waals surface area contributed by atoms with Crippen LogP contribution in [0.1, 0.15) is 34.3 Å². The maximum atomic E-state index is 14.1. The summed E-state index contributed by atoms with van der Waals surface area (Å²) in [6.45, 7) is 2.34. The molecule has 1 heterocycles. The molecule has 4 heteroatoms. The number of rotatable bonds is 5. The zero-order valence-corrected chi connectivity index (χ0v) is 14.7. The second-order valence-corrected chi connectivity index (χ2v) is 6.85. The van der Waals surface area contributed by atoms with E-state index in [0.717, 1.165) is 24.1 Å². The van der Waals surface area contributed by atoms with E-state index in [1.807, 2.05) is 65.2 Å². The average Bonchev–Trinajstić information content (AvgIpc) is 3.34. The van der Waals surface area contributed by atoms with Crippen LogP contribution in [0.5, 0.6) is 0 Å². The van der Waals surface area contributed by atoms with Gasteiger partial charge in [0.15, 0.2) is 0 Å². The van der Waals surface area contributed by atoms with Crippen molar-refractivity contribution in [3.05, 3.63) is 89.5 Å². The minimum Gasteiger partial charge on any atom is -0.331 e. The predicted molar refractivity (Wildman–Crippen MR) is 99.8 cm³/mol. The minimum atomic E-state index is -0.261. The van der Waals surface area contributed by atoms with Crippen molar-refractivity contribution in [1.29, 1.82) is 0 Å². The van der Waals surface area contributed by atoms with Gasteiger partial charge in [0.1, 0.15) is 5.82 Å². The molecule has 0 N–H and O–H groups in total. The van der Waals surface area contributed by atoms with Gasteiger partial charge in [0.2, 0.25) is 0 Å². The van der Waals surface area contributed by atoms with E-state index in [2.05, 4.69) is 0 Å². The van der Waals surface area contributed by atoms with Gasteiger partial charge in [0, 0.05) is 41.8 Å². The summed E-state index contributed by atoms with van der Waals surface area (Å²) in [6.07, 6.45) is 5.90. The third kappa shape index (κ3) is 3.27. The summed E-state index contributed by atoms with van der Waals surface area (Å²) < 4.78 is 16.1. The lowest BCUT2D eigenvalue weighted by Crippen LogP contribution is -2.33. The second kappa shape index (κ2) is 6.79. The SMILES string of the molecule is Cc1ccc(C(=O)N(Cc2ccccc2F)C2CC2)cc1-n1cccc1. The fourth-order valence-electron chi connectivity index (χ4n) is 3.24. The number of hydrogen-bond acceptors (Lipinski definition) is 1. The van der Waals surface area contributed by atoms with Crippen LogP contribution in [-0.4, -0.2) is 21.4 Å². The lowest BCUT2D eigenvalue weighted by Gasteiger charge is -2.23. The number of hydrogen-bond donors (Lipinski definition) is 0. The van der Waals surface area contributed by atoms with E-state index in [4.69, 9.17) is 0 Å². The summed E-state index contributed by atoms with van der Waals surface area (Å²) in [7, 11) is 0. The first-order chi connectivity index (χ1) is 12.6. The molecule has 26 heavy (non-hydrogen) atoms. The Morgan fingerprint density at radius 2 is 1.85 bits per heavy atom. The van der Waals surface area contributed by atoms with Crippen molar-refractivity contribution in [2.24, 2.45) is 0 Å². The molecule has 0 atom stereocenters. The van der Waals surface area contributed by atoms with Gasteiger partial charge in [0.25, 0.3) is 5.91 Å². The number of aryl methyl sites for hydroxylation is 1. The van der Waals surface area contributed by atoms with Crippen molar-refractivity contribution in [2.75, 3.05) is 0 Å². The van der Waals surface area contributed by atoms with Crippen LogP contribution < -0.4 is 0 Å². The van der Waals surface area contributed by atoms with Crippen molar-refractivity contribution >= 4 is 5.91 Å². The molecule has 132 valence electrons. The summed E-state index contributed by atoms with van der Waals surface area (Å²) in [4.78, 5) is 15.0. The van der Waals surface area contributed by atoms with E-state index >= 15 is 0 Å². The molecule has 0 bridgehead atoms. The summed E-state index contributed by atoms with van der Waals surface area (Å²) in [5.41, 5.74) is 3.29. The Kier molecular flexibility index (Phi) is 4.33. The van der Waals surface area contributed by atoms with Crippen LogP contribution in [0.4, 0.5) is 4.39 Å². The molecule has 1 saturated carbocycles. The maximum absolute atomic E-state index is 14.1. The number of benzene rings is 2. The van der Waals surface area contributed by atoms with Gasteiger partial charge in [-0.05, 0) is 55.7 Å². The third-order valence-electron chi connectivity index (χ3n) is 4.89. The summed E-state index contributed by atoms with van der Waals surface area (Å²) in [5.74, 6) is -0.299. The molecule has 0 spiro atoms. The number of halogens is 1. The lowest BCUT2D eigenvalue weighted by atomic mass is 10.1. The average molecular weight is 348 g/mol. The molecule has 4 rings (SSSR count). The molecule has 1 aliphatic carbocycles. The van der Waals surface area contributed by atoms with Gasteiger partial charge < -0.3 is 9.47 Å². The second-order valence-electron chi connectivity index (χ2n) is 6.85. The van der Waals surface area contributed by atoms with E-state index < -0.39 is 0 Å². The van der Waals surface area contributed by atoms with E-state index in [1.165, 1.54) is 6.07 Å². The number of nitrogens with zero attached hydrogens (tertiary/aromatic N) is 2. The Labute approximate surface area is 152 Å². The molecule has 3 nitrogen and oxygen atoms in total. The number of carbonyl (C=O) groups is 1. The topological polar surface area (TPSA) is 25.2 Å². The molecule has 0 aliphatic heterocycles. The standard InChI is InChI=1S/C22H21FN2O/c1-16-8-9-17(14-21(16)24-12-4-5-13-24)22(26)25(19-10-11-19)15-18-6-2-3-7-20(18)23/h2-9,12-14,19H,10-11,15H2,1H3. The van der Waals surface area contributed by atoms with Gasteiger partial charge in [-0.1, -0.05) is 24.3 Å². The van der Waals surface area contributed by atoms with Crippen LogP contribution in [0.15, 0.2) is 67.0 Å². The van der Waals surface area contributed by atoms with Crippen molar-refractivity contribution in [1.82, 2.24) is 9.47 Å². The third-order valence-corrected chi connectivity index (χ3v) is 4.89. The first-order valence-electron chi connectivity index (χ1n) is 8.92. The highest BCUT2D eigenvalue weighted by molar-refractivity contribution is 5.95. The molecular weight excluding hydrogens is 327 g/mol.